The van der Waals surface area contributed by atoms with Crippen LogP contribution in [0.5, 0.6) is 5.75 Å². The minimum atomic E-state index is -0.328. The lowest BCUT2D eigenvalue weighted by molar-refractivity contribution is 0.0450. The summed E-state index contributed by atoms with van der Waals surface area (Å²) in [6, 6.07) is 15.1. The fourth-order valence-corrected chi connectivity index (χ4v) is 3.19. The second-order valence-electron chi connectivity index (χ2n) is 6.18. The number of ether oxygens (including phenoxy) is 3. The highest BCUT2D eigenvalue weighted by Crippen LogP contribution is 2.33. The molecule has 1 aliphatic carbocycles. The lowest BCUT2D eigenvalue weighted by atomic mass is 10.0. The molecule has 0 saturated heterocycles. The molecule has 3 rings (SSSR count). The van der Waals surface area contributed by atoms with E-state index in [4.69, 9.17) is 14.2 Å². The van der Waals surface area contributed by atoms with Crippen LogP contribution in [0.25, 0.3) is 0 Å². The molecule has 0 aliphatic heterocycles. The monoisotopic (exact) mass is 340 g/mol. The third kappa shape index (κ3) is 4.60. The van der Waals surface area contributed by atoms with E-state index < -0.39 is 0 Å². The van der Waals surface area contributed by atoms with E-state index in [-0.39, 0.29) is 18.7 Å². The van der Waals surface area contributed by atoms with Gasteiger partial charge < -0.3 is 14.2 Å². The molecule has 2 aromatic carbocycles. The van der Waals surface area contributed by atoms with Crippen LogP contribution >= 0.6 is 0 Å². The number of benzene rings is 2. The molecule has 0 aromatic heterocycles. The number of aryl methyl sites for hydroxylation is 1. The van der Waals surface area contributed by atoms with Crippen molar-refractivity contribution in [2.45, 2.75) is 31.8 Å². The van der Waals surface area contributed by atoms with E-state index >= 15 is 0 Å². The first-order valence-corrected chi connectivity index (χ1v) is 8.78. The Morgan fingerprint density at radius 2 is 1.92 bits per heavy atom. The Hall–Kier alpha value is -2.33. The Kier molecular flexibility index (Phi) is 6.07. The molecule has 0 saturated carbocycles. The summed E-state index contributed by atoms with van der Waals surface area (Å²) in [4.78, 5) is 11.9. The third-order valence-corrected chi connectivity index (χ3v) is 4.51. The minimum Gasteiger partial charge on any atom is -0.490 e. The summed E-state index contributed by atoms with van der Waals surface area (Å²) < 4.78 is 16.6. The number of fused-ring (bicyclic) bond motifs is 1. The van der Waals surface area contributed by atoms with Crippen molar-refractivity contribution in [3.8, 4) is 5.75 Å². The average molecular weight is 340 g/mol. The van der Waals surface area contributed by atoms with Gasteiger partial charge in [0.2, 0.25) is 0 Å². The molecule has 0 amide bonds. The van der Waals surface area contributed by atoms with Crippen molar-refractivity contribution in [2.24, 2.45) is 0 Å². The number of carbonyl (C=O) groups excluding carboxylic acids is 1. The van der Waals surface area contributed by atoms with Crippen molar-refractivity contribution in [3.05, 3.63) is 65.2 Å². The molecule has 0 fully saturated rings. The van der Waals surface area contributed by atoms with Gasteiger partial charge in [-0.3, -0.25) is 0 Å². The van der Waals surface area contributed by atoms with Crippen LogP contribution in [0.4, 0.5) is 0 Å². The van der Waals surface area contributed by atoms with E-state index in [1.54, 1.807) is 19.2 Å². The maximum atomic E-state index is 11.9. The van der Waals surface area contributed by atoms with Crippen molar-refractivity contribution in [2.75, 3.05) is 20.3 Å². The second-order valence-corrected chi connectivity index (χ2v) is 6.18. The molecule has 0 bridgehead atoms. The number of hydrogen-bond donors (Lipinski definition) is 0. The molecule has 2 aromatic rings. The highest BCUT2D eigenvalue weighted by Gasteiger charge is 2.18. The third-order valence-electron chi connectivity index (χ3n) is 4.51. The molecule has 0 N–H and O–H groups in total. The van der Waals surface area contributed by atoms with E-state index in [9.17, 15) is 4.79 Å². The quantitative estimate of drug-likeness (QED) is 0.446. The van der Waals surface area contributed by atoms with Gasteiger partial charge in [0.15, 0.2) is 0 Å². The van der Waals surface area contributed by atoms with Gasteiger partial charge in [-0.15, -0.1) is 0 Å². The molecular weight excluding hydrogens is 316 g/mol. The summed E-state index contributed by atoms with van der Waals surface area (Å²) in [5.41, 5.74) is 3.11. The maximum Gasteiger partial charge on any atom is 0.338 e. The minimum absolute atomic E-state index is 0.136. The lowest BCUT2D eigenvalue weighted by Crippen LogP contribution is -2.12. The topological polar surface area (TPSA) is 44.8 Å². The summed E-state index contributed by atoms with van der Waals surface area (Å²) in [5.74, 6) is 0.462. The van der Waals surface area contributed by atoms with Crippen molar-refractivity contribution in [1.82, 2.24) is 0 Å². The number of methoxy groups -OCH3 is 1. The Morgan fingerprint density at radius 1 is 1.08 bits per heavy atom. The van der Waals surface area contributed by atoms with Crippen molar-refractivity contribution >= 4 is 5.97 Å². The number of carbonyl (C=O) groups is 1. The molecule has 4 heteroatoms. The molecular formula is C21H24O4. The predicted octanol–water partition coefficient (Wildman–Crippen LogP) is 4.34. The SMILES string of the molecule is COC1CCCCc2ccc(OCCOC(=O)c3ccccc3)cc21. The van der Waals surface area contributed by atoms with Gasteiger partial charge in [-0.2, -0.15) is 0 Å². The molecule has 25 heavy (non-hydrogen) atoms. The van der Waals surface area contributed by atoms with Crippen LogP contribution in [0.3, 0.4) is 0 Å². The van der Waals surface area contributed by atoms with Gasteiger partial charge >= 0.3 is 5.97 Å². The summed E-state index contributed by atoms with van der Waals surface area (Å²) in [6.45, 7) is 0.549. The van der Waals surface area contributed by atoms with Gasteiger partial charge in [0.25, 0.3) is 0 Å². The van der Waals surface area contributed by atoms with Crippen LogP contribution in [0.1, 0.15) is 46.9 Å². The fraction of sp³-hybridized carbons (Fsp3) is 0.381. The zero-order chi connectivity index (χ0) is 17.5. The van der Waals surface area contributed by atoms with Crippen LogP contribution in [-0.4, -0.2) is 26.3 Å². The summed E-state index contributed by atoms with van der Waals surface area (Å²) in [5, 5.41) is 0. The summed E-state index contributed by atoms with van der Waals surface area (Å²) >= 11 is 0. The summed E-state index contributed by atoms with van der Waals surface area (Å²) in [7, 11) is 1.76. The molecule has 0 radical (unpaired) electrons. The molecule has 132 valence electrons. The first kappa shape index (κ1) is 17.5. The summed E-state index contributed by atoms with van der Waals surface area (Å²) in [6.07, 6.45) is 4.64. The molecule has 1 unspecified atom stereocenters. The van der Waals surface area contributed by atoms with Crippen LogP contribution < -0.4 is 4.74 Å². The van der Waals surface area contributed by atoms with Crippen LogP contribution in [-0.2, 0) is 15.9 Å². The molecule has 1 aliphatic rings. The van der Waals surface area contributed by atoms with E-state index in [0.717, 1.165) is 18.6 Å². The van der Waals surface area contributed by atoms with Crippen LogP contribution in [0.15, 0.2) is 48.5 Å². The average Bonchev–Trinajstić information content (AvgIpc) is 2.87. The van der Waals surface area contributed by atoms with Gasteiger partial charge in [-0.25, -0.2) is 4.79 Å². The zero-order valence-corrected chi connectivity index (χ0v) is 14.6. The van der Waals surface area contributed by atoms with Crippen LogP contribution in [0, 0.1) is 0 Å². The standard InChI is InChI=1S/C21H24O4/c1-23-20-10-6-5-7-16-11-12-18(15-19(16)20)24-13-14-25-21(22)17-8-3-2-4-9-17/h2-4,8-9,11-12,15,20H,5-7,10,13-14H2,1H3. The first-order valence-electron chi connectivity index (χ1n) is 8.78. The Morgan fingerprint density at radius 3 is 2.72 bits per heavy atom. The Balaban J connectivity index is 1.53. The predicted molar refractivity (Wildman–Crippen MR) is 96.0 cm³/mol. The van der Waals surface area contributed by atoms with Crippen molar-refractivity contribution in [1.29, 1.82) is 0 Å². The van der Waals surface area contributed by atoms with E-state index in [1.807, 2.05) is 24.3 Å². The number of rotatable bonds is 6. The lowest BCUT2D eigenvalue weighted by Gasteiger charge is -2.17. The normalized spacial score (nSPS) is 16.6. The van der Waals surface area contributed by atoms with E-state index in [0.29, 0.717) is 12.2 Å². The van der Waals surface area contributed by atoms with Gasteiger partial charge in [0.05, 0.1) is 11.7 Å². The molecule has 4 nitrogen and oxygen atoms in total. The fourth-order valence-electron chi connectivity index (χ4n) is 3.19. The maximum absolute atomic E-state index is 11.9. The highest BCUT2D eigenvalue weighted by molar-refractivity contribution is 5.89. The van der Waals surface area contributed by atoms with E-state index in [2.05, 4.69) is 12.1 Å². The smallest absolute Gasteiger partial charge is 0.338 e. The van der Waals surface area contributed by atoms with Crippen molar-refractivity contribution < 1.29 is 19.0 Å². The number of esters is 1. The van der Waals surface area contributed by atoms with Crippen LogP contribution in [0.2, 0.25) is 0 Å². The largest absolute Gasteiger partial charge is 0.490 e. The van der Waals surface area contributed by atoms with Gasteiger partial charge in [-0.1, -0.05) is 30.7 Å². The van der Waals surface area contributed by atoms with Crippen molar-refractivity contribution in [3.63, 3.8) is 0 Å². The molecule has 1 atom stereocenters. The van der Waals surface area contributed by atoms with Gasteiger partial charge in [-0.05, 0) is 54.7 Å². The van der Waals surface area contributed by atoms with E-state index in [1.165, 1.54) is 24.0 Å². The number of hydrogen-bond acceptors (Lipinski definition) is 4. The second kappa shape index (κ2) is 8.67. The molecule has 0 heterocycles. The Labute approximate surface area is 148 Å². The Bertz CT molecular complexity index is 696. The molecule has 0 spiro atoms. The van der Waals surface area contributed by atoms with Gasteiger partial charge in [0.1, 0.15) is 19.0 Å². The van der Waals surface area contributed by atoms with Gasteiger partial charge in [0, 0.05) is 7.11 Å². The highest BCUT2D eigenvalue weighted by atomic mass is 16.6. The first-order chi connectivity index (χ1) is 12.3. The zero-order valence-electron chi connectivity index (χ0n) is 14.6.